The van der Waals surface area contributed by atoms with E-state index >= 15 is 0 Å². The smallest absolute Gasteiger partial charge is 0.322 e. The molecular weight excluding hydrogens is 1280 g/mol. The van der Waals surface area contributed by atoms with Crippen molar-refractivity contribution in [3.05, 3.63) is 223 Å². The number of rotatable bonds is 6. The molecule has 0 spiro atoms. The van der Waals surface area contributed by atoms with Gasteiger partial charge in [0.15, 0.2) is 0 Å². The van der Waals surface area contributed by atoms with Crippen LogP contribution in [-0.4, -0.2) is 161 Å². The number of aromatic nitrogens is 6. The van der Waals surface area contributed by atoms with Crippen molar-refractivity contribution in [2.45, 2.75) is 51.7 Å². The van der Waals surface area contributed by atoms with Gasteiger partial charge in [0.1, 0.15) is 29.6 Å². The maximum absolute atomic E-state index is 12.9. The molecule has 0 saturated carbocycles. The van der Waals surface area contributed by atoms with E-state index in [-0.39, 0.29) is 6.03 Å². The number of likely N-dealkylation sites (N-methyl/N-ethyl adjacent to an activating group) is 1. The third-order valence-corrected chi connectivity index (χ3v) is 17.2. The highest BCUT2D eigenvalue weighted by Crippen LogP contribution is 2.31. The fourth-order valence-electron chi connectivity index (χ4n) is 12.1. The van der Waals surface area contributed by atoms with Gasteiger partial charge in [-0.05, 0) is 166 Å². The molecule has 6 aromatic carbocycles. The van der Waals surface area contributed by atoms with Crippen molar-refractivity contribution in [3.8, 4) is 62.8 Å². The maximum atomic E-state index is 12.9. The van der Waals surface area contributed by atoms with Gasteiger partial charge < -0.3 is 55.2 Å². The number of hydrogen-bond acceptors (Lipinski definition) is 20. The Labute approximate surface area is 597 Å². The second-order valence-electron chi connectivity index (χ2n) is 25.1. The molecule has 0 radical (unpaired) electrons. The zero-order chi connectivity index (χ0) is 69.8. The molecule has 2 amide bonds. The van der Waals surface area contributed by atoms with E-state index in [9.17, 15) is 10.1 Å². The molecule has 0 aliphatic carbocycles. The third kappa shape index (κ3) is 22.0. The Balaban J connectivity index is 0.000000147. The molecule has 5 aliphatic rings. The lowest BCUT2D eigenvalue weighted by atomic mass is 10.1. The topological polar surface area (TPSA) is 237 Å². The first-order valence-electron chi connectivity index (χ1n) is 35.0. The lowest BCUT2D eigenvalue weighted by Gasteiger charge is -2.27. The van der Waals surface area contributed by atoms with Crippen LogP contribution in [0, 0.1) is 11.3 Å². The SMILES string of the molecule is C1=C/CNCc2cccc(c2)Nc2nccc(n2)-c2cccc(c2)OCC/1.CN1C/C=C/CCOc2cccc(c2)-c2ccnc(n2)Nc2cc(cc(NC(=O)N3CCOCC3)c2)C1.N#CCN1C/C=C/CCOc2cccc(c2)-c2ccnc(n2)Nc2ccc(OCCN3CCCC3)c(c2)C1. The van der Waals surface area contributed by atoms with Crippen molar-refractivity contribution in [2.75, 3.05) is 127 Å². The predicted molar refractivity (Wildman–Crippen MR) is 401 cm³/mol. The summed E-state index contributed by atoms with van der Waals surface area (Å²) in [5.74, 6) is 4.88. The number of fused-ring (bicyclic) bond motifs is 21. The molecule has 2 fully saturated rings. The van der Waals surface area contributed by atoms with Crippen LogP contribution in [0.25, 0.3) is 33.8 Å². The highest BCUT2D eigenvalue weighted by molar-refractivity contribution is 5.90. The average Bonchev–Trinajstić information content (AvgIpc) is 0.862. The summed E-state index contributed by atoms with van der Waals surface area (Å²) in [5, 5.41) is 25.9. The van der Waals surface area contributed by atoms with Crippen LogP contribution in [0.15, 0.2) is 207 Å². The lowest BCUT2D eigenvalue weighted by Crippen LogP contribution is -2.43. The number of urea groups is 1. The molecule has 102 heavy (non-hydrogen) atoms. The first-order chi connectivity index (χ1) is 50.2. The number of likely N-dealkylation sites (tertiary alicyclic amines) is 1. The minimum atomic E-state index is -0.127. The van der Waals surface area contributed by atoms with Crippen molar-refractivity contribution in [1.82, 2.24) is 54.8 Å². The van der Waals surface area contributed by atoms with Crippen LogP contribution in [-0.2, 0) is 24.4 Å². The molecule has 8 heterocycles. The van der Waals surface area contributed by atoms with Gasteiger partial charge in [0.25, 0.3) is 0 Å². The predicted octanol–water partition coefficient (Wildman–Crippen LogP) is 13.9. The van der Waals surface area contributed by atoms with E-state index in [0.29, 0.717) is 96.8 Å². The van der Waals surface area contributed by atoms with E-state index < -0.39 is 0 Å². The van der Waals surface area contributed by atoms with Crippen LogP contribution in [0.5, 0.6) is 23.0 Å². The van der Waals surface area contributed by atoms with Gasteiger partial charge in [-0.3, -0.25) is 14.7 Å². The fourth-order valence-corrected chi connectivity index (χ4v) is 12.1. The molecule has 14 rings (SSSR count). The van der Waals surface area contributed by atoms with Crippen molar-refractivity contribution in [1.29, 1.82) is 5.26 Å². The summed E-state index contributed by atoms with van der Waals surface area (Å²) in [6.07, 6.45) is 23.1. The van der Waals surface area contributed by atoms with E-state index in [4.69, 9.17) is 33.7 Å². The normalized spacial score (nSPS) is 16.9. The Bertz CT molecular complexity index is 4340. The number of benzene rings is 6. The van der Waals surface area contributed by atoms with E-state index in [0.717, 1.165) is 149 Å². The number of anilines is 7. The van der Waals surface area contributed by atoms with E-state index in [1.54, 1.807) is 23.5 Å². The Hall–Kier alpha value is -11.1. The number of nitriles is 1. The standard InChI is InChI=1S/C30H34N6O2.C28H32N6O3.C22H22N4O/c31-12-17-36-16-2-1-5-19-37-27-8-6-7-24(22-27)28-11-13-32-30(34-28)33-26-9-10-29(25(21-26)23-36)38-20-18-35-14-3-4-15-35;1-33-10-3-2-4-13-37-25-7-5-6-22(18-25)26-8-9-29-27(32-26)30-23-16-21(20-33)17-24(19-23)31-28(35)34-11-14-36-15-12-34;1-2-11-23-16-17-6-4-8-19(14-17)25-22-24-12-10-21(26-22)18-7-5-9-20(15-18)27-13-3-1/h1-2,6-11,13,21-22H,3-5,14-20,23H2,(H,32,33,34);2-3,5-9,16-19H,4,10-15,20H2,1H3,(H,31,35)(H,29,30,32);1-2,4-10,12,14-15,23H,3,11,13,16H2,(H,24,25,26)/b2-1+;3-2+;2-1+. The highest BCUT2D eigenvalue weighted by Gasteiger charge is 2.20. The van der Waals surface area contributed by atoms with Crippen LogP contribution in [0.1, 0.15) is 48.8 Å². The van der Waals surface area contributed by atoms with E-state index in [2.05, 4.69) is 135 Å². The summed E-state index contributed by atoms with van der Waals surface area (Å²) < 4.78 is 29.4. The number of nitrogens with zero attached hydrogens (tertiary/aromatic N) is 11. The molecular formula is C80H88N16O6. The lowest BCUT2D eigenvalue weighted by molar-refractivity contribution is 0.0564. The monoisotopic (exact) mass is 1370 g/mol. The molecule has 0 unspecified atom stereocenters. The molecule has 22 heteroatoms. The summed E-state index contributed by atoms with van der Waals surface area (Å²) in [6, 6.07) is 52.1. The van der Waals surface area contributed by atoms with Gasteiger partial charge in [-0.1, -0.05) is 85.0 Å². The third-order valence-electron chi connectivity index (χ3n) is 17.2. The Kier molecular flexibility index (Phi) is 26.0. The zero-order valence-electron chi connectivity index (χ0n) is 57.8. The van der Waals surface area contributed by atoms with Crippen LogP contribution in [0.3, 0.4) is 0 Å². The molecule has 524 valence electrons. The first-order valence-corrected chi connectivity index (χ1v) is 35.0. The minimum Gasteiger partial charge on any atom is -0.493 e. The Morgan fingerprint density at radius 1 is 0.549 bits per heavy atom. The summed E-state index contributed by atoms with van der Waals surface area (Å²) >= 11 is 0. The number of nitrogens with one attached hydrogen (secondary N) is 5. The van der Waals surface area contributed by atoms with Gasteiger partial charge in [-0.25, -0.2) is 34.7 Å². The van der Waals surface area contributed by atoms with Gasteiger partial charge in [-0.2, -0.15) is 5.26 Å². The number of hydrogen-bond donors (Lipinski definition) is 5. The molecule has 5 N–H and O–H groups in total. The number of carbonyl (C=O) groups excluding carboxylic acids is 1. The van der Waals surface area contributed by atoms with Gasteiger partial charge in [-0.15, -0.1) is 0 Å². The molecule has 0 atom stereocenters. The minimum absolute atomic E-state index is 0.127. The molecule has 5 aliphatic heterocycles. The van der Waals surface area contributed by atoms with Gasteiger partial charge in [0, 0.05) is 122 Å². The average molecular weight is 1370 g/mol. The maximum Gasteiger partial charge on any atom is 0.322 e. The fraction of sp³-hybridized carbons (Fsp3) is 0.300. The number of carbonyl (C=O) groups is 1. The van der Waals surface area contributed by atoms with Crippen molar-refractivity contribution in [2.24, 2.45) is 0 Å². The second kappa shape index (κ2) is 37.4. The summed E-state index contributed by atoms with van der Waals surface area (Å²) in [5.41, 5.74) is 12.1. The first kappa shape index (κ1) is 70.8. The van der Waals surface area contributed by atoms with E-state index in [1.807, 2.05) is 127 Å². The molecule has 18 bridgehead atoms. The van der Waals surface area contributed by atoms with Crippen LogP contribution in [0.4, 0.5) is 45.4 Å². The second-order valence-corrected chi connectivity index (χ2v) is 25.1. The quantitative estimate of drug-likeness (QED) is 0.0768. The molecule has 22 nitrogen and oxygen atoms in total. The van der Waals surface area contributed by atoms with E-state index in [1.165, 1.54) is 18.4 Å². The van der Waals surface area contributed by atoms with Crippen LogP contribution >= 0.6 is 0 Å². The van der Waals surface area contributed by atoms with Crippen LogP contribution in [0.2, 0.25) is 0 Å². The Morgan fingerprint density at radius 3 is 1.72 bits per heavy atom. The Morgan fingerprint density at radius 2 is 1.11 bits per heavy atom. The van der Waals surface area contributed by atoms with Crippen molar-refractivity contribution < 1.29 is 28.5 Å². The number of morpholine rings is 1. The van der Waals surface area contributed by atoms with Gasteiger partial charge in [0.2, 0.25) is 17.8 Å². The van der Waals surface area contributed by atoms with Crippen LogP contribution < -0.4 is 45.5 Å². The summed E-state index contributed by atoms with van der Waals surface area (Å²) in [4.78, 5) is 48.8. The summed E-state index contributed by atoms with van der Waals surface area (Å²) in [6.45, 7) is 12.7. The zero-order valence-corrected chi connectivity index (χ0v) is 57.8. The van der Waals surface area contributed by atoms with Gasteiger partial charge in [0.05, 0.1) is 62.7 Å². The summed E-state index contributed by atoms with van der Waals surface area (Å²) in [7, 11) is 2.07. The van der Waals surface area contributed by atoms with Gasteiger partial charge >= 0.3 is 6.03 Å². The molecule has 2 saturated heterocycles. The molecule has 3 aromatic heterocycles. The van der Waals surface area contributed by atoms with Crippen molar-refractivity contribution in [3.63, 3.8) is 0 Å². The van der Waals surface area contributed by atoms with Crippen molar-refractivity contribution >= 4 is 46.6 Å². The highest BCUT2D eigenvalue weighted by atomic mass is 16.5. The number of ether oxygens (including phenoxy) is 5. The largest absolute Gasteiger partial charge is 0.493 e. The number of amides is 2. The molecule has 9 aromatic rings.